The van der Waals surface area contributed by atoms with Crippen molar-refractivity contribution >= 4 is 24.0 Å². The Morgan fingerprint density at radius 1 is 1.07 bits per heavy atom. The van der Waals surface area contributed by atoms with Crippen molar-refractivity contribution in [1.29, 1.82) is 0 Å². The van der Waals surface area contributed by atoms with E-state index in [2.05, 4.69) is 16.0 Å². The number of ether oxygens (including phenoxy) is 2. The fraction of sp³-hybridized carbons (Fsp3) is 0.655. The van der Waals surface area contributed by atoms with E-state index in [-0.39, 0.29) is 55.2 Å². The lowest BCUT2D eigenvalue weighted by atomic mass is 9.97. The Morgan fingerprint density at radius 2 is 1.77 bits per heavy atom. The number of benzene rings is 1. The Hall–Kier alpha value is -3.34. The van der Waals surface area contributed by atoms with Crippen molar-refractivity contribution in [2.45, 2.75) is 95.7 Å². The van der Waals surface area contributed by atoms with Gasteiger partial charge in [-0.05, 0) is 43.6 Å². The minimum Gasteiger partial charge on any atom is -0.446 e. The Kier molecular flexibility index (Phi) is 10.2. The molecule has 11 nitrogen and oxygen atoms in total. The normalized spacial score (nSPS) is 25.2. The molecule has 3 fully saturated rings. The van der Waals surface area contributed by atoms with Crippen LogP contribution in [0.5, 0.6) is 0 Å². The molecule has 1 aromatic rings. The van der Waals surface area contributed by atoms with Crippen molar-refractivity contribution < 1.29 is 33.8 Å². The summed E-state index contributed by atoms with van der Waals surface area (Å²) < 4.78 is 11.3. The van der Waals surface area contributed by atoms with Gasteiger partial charge in [0.25, 0.3) is 0 Å². The number of piperidine rings is 1. The Balaban J connectivity index is 1.27. The van der Waals surface area contributed by atoms with Crippen LogP contribution < -0.4 is 16.0 Å². The lowest BCUT2D eigenvalue weighted by Crippen LogP contribution is -2.53. The molecule has 0 radical (unpaired) electrons. The van der Waals surface area contributed by atoms with Crippen molar-refractivity contribution in [3.63, 3.8) is 0 Å². The van der Waals surface area contributed by atoms with Gasteiger partial charge in [-0.3, -0.25) is 9.59 Å². The van der Waals surface area contributed by atoms with Crippen LogP contribution in [0.2, 0.25) is 0 Å². The average Bonchev–Trinajstić information content (AvgIpc) is 3.45. The third-order valence-electron chi connectivity index (χ3n) is 7.99. The third-order valence-corrected chi connectivity index (χ3v) is 7.99. The van der Waals surface area contributed by atoms with Crippen LogP contribution in [-0.2, 0) is 25.7 Å². The SMILES string of the molecule is CC(C)C[C@H](NC(=O)OC1C[C@H]2CC[C@@H](C1)N2C(=O)OCc1ccccc1)C(=O)N[C@H](CO)C[C@@H]1CCNC1=O. The average molecular weight is 559 g/mol. The van der Waals surface area contributed by atoms with E-state index < -0.39 is 24.1 Å². The highest BCUT2D eigenvalue weighted by Gasteiger charge is 2.45. The maximum Gasteiger partial charge on any atom is 0.410 e. The quantitative estimate of drug-likeness (QED) is 0.326. The van der Waals surface area contributed by atoms with Gasteiger partial charge < -0.3 is 35.4 Å². The first-order chi connectivity index (χ1) is 19.2. The van der Waals surface area contributed by atoms with Gasteiger partial charge in [-0.15, -0.1) is 0 Å². The second-order valence-corrected chi connectivity index (χ2v) is 11.6. The van der Waals surface area contributed by atoms with Crippen molar-refractivity contribution in [1.82, 2.24) is 20.9 Å². The molecule has 11 heteroatoms. The first-order valence-corrected chi connectivity index (χ1v) is 14.4. The van der Waals surface area contributed by atoms with E-state index in [1.807, 2.05) is 44.2 Å². The fourth-order valence-electron chi connectivity index (χ4n) is 6.04. The van der Waals surface area contributed by atoms with Gasteiger partial charge in [0.15, 0.2) is 0 Å². The van der Waals surface area contributed by atoms with Gasteiger partial charge in [-0.1, -0.05) is 44.2 Å². The lowest BCUT2D eigenvalue weighted by molar-refractivity contribution is -0.126. The predicted octanol–water partition coefficient (Wildman–Crippen LogP) is 2.46. The van der Waals surface area contributed by atoms with Crippen LogP contribution in [0.25, 0.3) is 0 Å². The molecule has 2 bridgehead atoms. The number of amides is 4. The number of carbonyl (C=O) groups is 4. The number of rotatable bonds is 11. The second kappa shape index (κ2) is 13.8. The molecule has 1 unspecified atom stereocenters. The first-order valence-electron chi connectivity index (χ1n) is 14.4. The van der Waals surface area contributed by atoms with Crippen LogP contribution in [0, 0.1) is 11.8 Å². The largest absolute Gasteiger partial charge is 0.446 e. The smallest absolute Gasteiger partial charge is 0.410 e. The molecule has 3 aliphatic rings. The number of nitrogens with zero attached hydrogens (tertiary/aromatic N) is 1. The molecule has 220 valence electrons. The number of hydrogen-bond donors (Lipinski definition) is 4. The highest BCUT2D eigenvalue weighted by atomic mass is 16.6. The van der Waals surface area contributed by atoms with Crippen molar-refractivity contribution in [2.75, 3.05) is 13.2 Å². The molecule has 0 aromatic heterocycles. The summed E-state index contributed by atoms with van der Waals surface area (Å²) in [5.41, 5.74) is 0.924. The molecule has 0 aliphatic carbocycles. The summed E-state index contributed by atoms with van der Waals surface area (Å²) in [4.78, 5) is 52.5. The van der Waals surface area contributed by atoms with E-state index in [0.717, 1.165) is 18.4 Å². The summed E-state index contributed by atoms with van der Waals surface area (Å²) in [6.07, 6.45) is 2.67. The van der Waals surface area contributed by atoms with Gasteiger partial charge in [0, 0.05) is 37.4 Å². The summed E-state index contributed by atoms with van der Waals surface area (Å²) in [5, 5.41) is 18.1. The monoisotopic (exact) mass is 558 g/mol. The van der Waals surface area contributed by atoms with E-state index in [9.17, 15) is 24.3 Å². The number of hydrogen-bond acceptors (Lipinski definition) is 7. The number of fused-ring (bicyclic) bond motifs is 2. The molecule has 1 aromatic carbocycles. The number of nitrogens with one attached hydrogen (secondary N) is 3. The van der Waals surface area contributed by atoms with Crippen molar-refractivity contribution in [2.24, 2.45) is 11.8 Å². The summed E-state index contributed by atoms with van der Waals surface area (Å²) >= 11 is 0. The van der Waals surface area contributed by atoms with E-state index in [1.165, 1.54) is 0 Å². The topological polar surface area (TPSA) is 146 Å². The minimum absolute atomic E-state index is 0.0623. The molecule has 4 amide bonds. The number of alkyl carbamates (subject to hydrolysis) is 1. The summed E-state index contributed by atoms with van der Waals surface area (Å²) in [6, 6.07) is 7.97. The maximum absolute atomic E-state index is 13.1. The first kappa shape index (κ1) is 29.6. The predicted molar refractivity (Wildman–Crippen MR) is 146 cm³/mol. The van der Waals surface area contributed by atoms with Gasteiger partial charge >= 0.3 is 12.2 Å². The second-order valence-electron chi connectivity index (χ2n) is 11.6. The van der Waals surface area contributed by atoms with E-state index >= 15 is 0 Å². The molecule has 4 N–H and O–H groups in total. The summed E-state index contributed by atoms with van der Waals surface area (Å²) in [7, 11) is 0. The zero-order valence-corrected chi connectivity index (χ0v) is 23.3. The Morgan fingerprint density at radius 3 is 2.38 bits per heavy atom. The minimum atomic E-state index is -0.844. The highest BCUT2D eigenvalue weighted by molar-refractivity contribution is 5.86. The van der Waals surface area contributed by atoms with Crippen LogP contribution in [0.3, 0.4) is 0 Å². The van der Waals surface area contributed by atoms with Crippen LogP contribution in [0.15, 0.2) is 30.3 Å². The van der Waals surface area contributed by atoms with Crippen LogP contribution in [0.1, 0.15) is 64.4 Å². The van der Waals surface area contributed by atoms with Gasteiger partial charge in [-0.25, -0.2) is 9.59 Å². The van der Waals surface area contributed by atoms with E-state index in [0.29, 0.717) is 38.6 Å². The fourth-order valence-corrected chi connectivity index (χ4v) is 6.04. The molecule has 3 saturated heterocycles. The maximum atomic E-state index is 13.1. The van der Waals surface area contributed by atoms with Crippen LogP contribution in [0.4, 0.5) is 9.59 Å². The van der Waals surface area contributed by atoms with E-state index in [4.69, 9.17) is 9.47 Å². The molecular formula is C29H42N4O7. The van der Waals surface area contributed by atoms with Gasteiger partial charge in [0.2, 0.25) is 11.8 Å². The summed E-state index contributed by atoms with van der Waals surface area (Å²) in [5.74, 6) is -0.627. The Bertz CT molecular complexity index is 1020. The Labute approximate surface area is 235 Å². The molecule has 0 spiro atoms. The molecular weight excluding hydrogens is 516 g/mol. The standard InChI is InChI=1S/C29H42N4O7/c1-18(2)12-25(27(36)31-21(16-34)13-20-10-11-30-26(20)35)32-28(37)40-24-14-22-8-9-23(15-24)33(22)29(38)39-17-19-6-4-3-5-7-19/h3-7,18,20-25,34H,8-17H2,1-2H3,(H,30,35)(H,31,36)(H,32,37)/t20-,21-,22-,23+,24?,25-/m0/s1. The number of aliphatic hydroxyl groups is 1. The molecule has 4 rings (SSSR count). The van der Waals surface area contributed by atoms with E-state index in [1.54, 1.807) is 4.90 Å². The van der Waals surface area contributed by atoms with Gasteiger partial charge in [-0.2, -0.15) is 0 Å². The molecule has 3 aliphatic heterocycles. The van der Waals surface area contributed by atoms with Crippen molar-refractivity contribution in [3.05, 3.63) is 35.9 Å². The van der Waals surface area contributed by atoms with Crippen LogP contribution in [-0.4, -0.2) is 77.4 Å². The molecule has 3 heterocycles. The molecule has 6 atom stereocenters. The summed E-state index contributed by atoms with van der Waals surface area (Å²) in [6.45, 7) is 4.40. The van der Waals surface area contributed by atoms with Gasteiger partial charge in [0.1, 0.15) is 18.8 Å². The van der Waals surface area contributed by atoms with Crippen molar-refractivity contribution in [3.8, 4) is 0 Å². The number of aliphatic hydroxyl groups excluding tert-OH is 1. The van der Waals surface area contributed by atoms with Gasteiger partial charge in [0.05, 0.1) is 12.6 Å². The highest BCUT2D eigenvalue weighted by Crippen LogP contribution is 2.37. The molecule has 0 saturated carbocycles. The lowest BCUT2D eigenvalue weighted by Gasteiger charge is -2.37. The molecule has 40 heavy (non-hydrogen) atoms. The third kappa shape index (κ3) is 7.87. The zero-order chi connectivity index (χ0) is 28.6. The van der Waals surface area contributed by atoms with Crippen LogP contribution >= 0.6 is 0 Å². The number of carbonyl (C=O) groups excluding carboxylic acids is 4. The zero-order valence-electron chi connectivity index (χ0n) is 23.3.